The van der Waals surface area contributed by atoms with Gasteiger partial charge in [-0.2, -0.15) is 0 Å². The van der Waals surface area contributed by atoms with Crippen LogP contribution < -0.4 is 0 Å². The van der Waals surface area contributed by atoms with E-state index in [2.05, 4.69) is 19.9 Å². The number of hydrogen-bond donors (Lipinski definition) is 1. The quantitative estimate of drug-likeness (QED) is 0.697. The Hall–Kier alpha value is -0.720. The van der Waals surface area contributed by atoms with E-state index in [1.54, 1.807) is 16.7 Å². The predicted octanol–water partition coefficient (Wildman–Crippen LogP) is 4.11. The molecule has 0 aromatic carbocycles. The maximum Gasteiger partial charge on any atom is 0.195 e. The minimum absolute atomic E-state index is 0.217. The molecule has 3 fully saturated rings. The fourth-order valence-electron chi connectivity index (χ4n) is 8.10. The maximum absolute atomic E-state index is 12.0. The molecule has 0 aromatic heterocycles. The molecule has 0 radical (unpaired) electrons. The second-order valence-electron chi connectivity index (χ2n) is 11.0. The van der Waals surface area contributed by atoms with Crippen LogP contribution in [0.25, 0.3) is 0 Å². The maximum atomic E-state index is 12.0. The molecule has 2 saturated heterocycles. The Balaban J connectivity index is 1.36. The Kier molecular flexibility index (Phi) is 4.26. The summed E-state index contributed by atoms with van der Waals surface area (Å²) in [6.45, 7) is 9.23. The van der Waals surface area contributed by atoms with Crippen molar-refractivity contribution in [1.82, 2.24) is 0 Å². The van der Waals surface area contributed by atoms with Gasteiger partial charge in [0.25, 0.3) is 0 Å². The normalized spacial score (nSPS) is 46.5. The van der Waals surface area contributed by atoms with Gasteiger partial charge in [0.15, 0.2) is 11.6 Å². The van der Waals surface area contributed by atoms with Crippen molar-refractivity contribution in [1.29, 1.82) is 0 Å². The Morgan fingerprint density at radius 3 is 2.43 bits per heavy atom. The summed E-state index contributed by atoms with van der Waals surface area (Å²) in [5, 5.41) is 12.0. The van der Waals surface area contributed by atoms with Crippen LogP contribution in [-0.4, -0.2) is 48.7 Å². The van der Waals surface area contributed by atoms with Crippen LogP contribution in [0.1, 0.15) is 65.7 Å². The van der Waals surface area contributed by atoms with Gasteiger partial charge >= 0.3 is 0 Å². The molecule has 1 spiro atoms. The number of aliphatic hydroxyl groups is 1. The lowest BCUT2D eigenvalue weighted by Crippen LogP contribution is -2.62. The highest BCUT2D eigenvalue weighted by atomic mass is 16.8. The van der Waals surface area contributed by atoms with Crippen LogP contribution in [-0.2, 0) is 18.9 Å². The third-order valence-electron chi connectivity index (χ3n) is 9.77. The van der Waals surface area contributed by atoms with E-state index in [4.69, 9.17) is 18.9 Å². The van der Waals surface area contributed by atoms with Gasteiger partial charge < -0.3 is 24.1 Å². The third-order valence-corrected chi connectivity index (χ3v) is 9.77. The molecule has 5 atom stereocenters. The van der Waals surface area contributed by atoms with E-state index < -0.39 is 11.4 Å². The van der Waals surface area contributed by atoms with Crippen molar-refractivity contribution in [3.8, 4) is 0 Å². The van der Waals surface area contributed by atoms with Gasteiger partial charge in [0.2, 0.25) is 0 Å². The van der Waals surface area contributed by atoms with E-state index in [1.807, 2.05) is 6.92 Å². The fraction of sp³-hybridized carbons (Fsp3) is 0.840. The lowest BCUT2D eigenvalue weighted by molar-refractivity contribution is -0.293. The molecule has 2 heterocycles. The summed E-state index contributed by atoms with van der Waals surface area (Å²) in [6, 6.07) is 0. The molecule has 6 aliphatic rings. The highest BCUT2D eigenvalue weighted by molar-refractivity contribution is 5.46. The van der Waals surface area contributed by atoms with Crippen molar-refractivity contribution >= 4 is 0 Å². The van der Waals surface area contributed by atoms with E-state index in [0.717, 1.165) is 58.2 Å². The Morgan fingerprint density at radius 1 is 1.00 bits per heavy atom. The van der Waals surface area contributed by atoms with Gasteiger partial charge in [-0.1, -0.05) is 25.5 Å². The first-order valence-electron chi connectivity index (χ1n) is 12.0. The molecular formula is C25H36O5. The number of allylic oxidation sites excluding steroid dienone is 3. The van der Waals surface area contributed by atoms with Crippen LogP contribution in [0.4, 0.5) is 0 Å². The van der Waals surface area contributed by atoms with Crippen molar-refractivity contribution in [2.24, 2.45) is 23.2 Å². The van der Waals surface area contributed by atoms with Crippen molar-refractivity contribution < 1.29 is 24.1 Å². The first kappa shape index (κ1) is 19.9. The monoisotopic (exact) mass is 416 g/mol. The highest BCUT2D eigenvalue weighted by Crippen LogP contribution is 2.66. The molecule has 166 valence electrons. The van der Waals surface area contributed by atoms with Crippen molar-refractivity contribution in [3.05, 3.63) is 22.8 Å². The fourth-order valence-corrected chi connectivity index (χ4v) is 8.10. The molecule has 5 nitrogen and oxygen atoms in total. The average Bonchev–Trinajstić information content (AvgIpc) is 3.43. The lowest BCUT2D eigenvalue weighted by atomic mass is 9.54. The van der Waals surface area contributed by atoms with Gasteiger partial charge in [-0.05, 0) is 67.9 Å². The van der Waals surface area contributed by atoms with Gasteiger partial charge in [-0.25, -0.2) is 0 Å². The topological polar surface area (TPSA) is 57.2 Å². The molecule has 1 N–H and O–H groups in total. The molecule has 0 amide bonds. The zero-order chi connectivity index (χ0) is 20.8. The second-order valence-corrected chi connectivity index (χ2v) is 11.0. The van der Waals surface area contributed by atoms with E-state index in [-0.39, 0.29) is 11.2 Å². The molecule has 0 aromatic rings. The second kappa shape index (κ2) is 6.41. The Labute approximate surface area is 179 Å². The minimum Gasteiger partial charge on any atom is -0.384 e. The molecule has 6 rings (SSSR count). The Bertz CT molecular complexity index is 802. The van der Waals surface area contributed by atoms with Crippen LogP contribution in [0.3, 0.4) is 0 Å². The van der Waals surface area contributed by atoms with Gasteiger partial charge in [-0.3, -0.25) is 0 Å². The van der Waals surface area contributed by atoms with Crippen molar-refractivity contribution in [3.63, 3.8) is 0 Å². The molecular weight excluding hydrogens is 380 g/mol. The minimum atomic E-state index is -0.941. The summed E-state index contributed by atoms with van der Waals surface area (Å²) in [7, 11) is 0. The average molecular weight is 417 g/mol. The summed E-state index contributed by atoms with van der Waals surface area (Å²) < 4.78 is 24.1. The SMILES string of the molecule is C[C@@H]1C[C@@H]2C(=CC[C@@]3(C)[C@H]2CC[C@]3(O)C2(C)OCCO2)C2=C1CC1(CC2)OCCO1. The molecule has 30 heavy (non-hydrogen) atoms. The molecule has 2 aliphatic heterocycles. The van der Waals surface area contributed by atoms with E-state index in [9.17, 15) is 5.11 Å². The summed E-state index contributed by atoms with van der Waals surface area (Å²) in [5.74, 6) is 0.288. The van der Waals surface area contributed by atoms with Crippen LogP contribution in [0.2, 0.25) is 0 Å². The predicted molar refractivity (Wildman–Crippen MR) is 112 cm³/mol. The number of ether oxygens (including phenoxy) is 4. The first-order valence-corrected chi connectivity index (χ1v) is 12.0. The first-order chi connectivity index (χ1) is 14.3. The van der Waals surface area contributed by atoms with E-state index >= 15 is 0 Å². The van der Waals surface area contributed by atoms with Gasteiger partial charge in [0.1, 0.15) is 5.60 Å². The standard InChI is InChI=1S/C25H36O5/c1-16-14-19-17(18-5-8-24(15-20(16)18)29-12-13-30-24)4-7-22(2)21(19)6-9-25(22,26)23(3)27-10-11-28-23/h4,16,19,21,26H,5-15H2,1-3H3/t16-,19-,21+,22+,25-/m1/s1. The number of rotatable bonds is 1. The lowest BCUT2D eigenvalue weighted by Gasteiger charge is -2.55. The van der Waals surface area contributed by atoms with Crippen LogP contribution in [0.15, 0.2) is 22.8 Å². The highest BCUT2D eigenvalue weighted by Gasteiger charge is 2.69. The zero-order valence-electron chi connectivity index (χ0n) is 18.7. The molecule has 4 aliphatic carbocycles. The zero-order valence-corrected chi connectivity index (χ0v) is 18.7. The van der Waals surface area contributed by atoms with Crippen molar-refractivity contribution in [2.75, 3.05) is 26.4 Å². The summed E-state index contributed by atoms with van der Waals surface area (Å²) in [5.41, 5.74) is 3.56. The van der Waals surface area contributed by atoms with Crippen molar-refractivity contribution in [2.45, 2.75) is 82.9 Å². The molecule has 1 saturated carbocycles. The molecule has 5 heteroatoms. The van der Waals surface area contributed by atoms with Crippen LogP contribution in [0.5, 0.6) is 0 Å². The van der Waals surface area contributed by atoms with E-state index in [0.29, 0.717) is 31.0 Å². The van der Waals surface area contributed by atoms with Gasteiger partial charge in [0, 0.05) is 18.3 Å². The summed E-state index contributed by atoms with van der Waals surface area (Å²) >= 11 is 0. The van der Waals surface area contributed by atoms with Crippen LogP contribution >= 0.6 is 0 Å². The molecule has 0 unspecified atom stereocenters. The summed E-state index contributed by atoms with van der Waals surface area (Å²) in [6.07, 6.45) is 9.27. The smallest absolute Gasteiger partial charge is 0.195 e. The summed E-state index contributed by atoms with van der Waals surface area (Å²) in [4.78, 5) is 0. The van der Waals surface area contributed by atoms with E-state index in [1.165, 1.54) is 0 Å². The third kappa shape index (κ3) is 2.42. The largest absolute Gasteiger partial charge is 0.384 e. The van der Waals surface area contributed by atoms with Gasteiger partial charge in [0.05, 0.1) is 26.4 Å². The molecule has 0 bridgehead atoms. The van der Waals surface area contributed by atoms with Crippen LogP contribution in [0, 0.1) is 23.2 Å². The Morgan fingerprint density at radius 2 is 1.70 bits per heavy atom. The number of hydrogen-bond acceptors (Lipinski definition) is 5. The number of fused-ring (bicyclic) bond motifs is 4. The van der Waals surface area contributed by atoms with Gasteiger partial charge in [-0.15, -0.1) is 0 Å².